The third-order valence-corrected chi connectivity index (χ3v) is 7.49. The van der Waals surface area contributed by atoms with Crippen LogP contribution in [-0.2, 0) is 25.6 Å². The van der Waals surface area contributed by atoms with Gasteiger partial charge in [-0.15, -0.1) is 0 Å². The summed E-state index contributed by atoms with van der Waals surface area (Å²) >= 11 is 0. The molecule has 2 amide bonds. The number of methoxy groups -OCH3 is 1. The zero-order valence-corrected chi connectivity index (χ0v) is 20.3. The Bertz CT molecular complexity index is 1200. The molecule has 0 saturated carbocycles. The van der Waals surface area contributed by atoms with E-state index in [0.29, 0.717) is 37.6 Å². The van der Waals surface area contributed by atoms with Crippen molar-refractivity contribution in [3.8, 4) is 0 Å². The molecule has 0 spiro atoms. The summed E-state index contributed by atoms with van der Waals surface area (Å²) < 4.78 is 12.2. The number of pyridine rings is 1. The number of aromatic nitrogens is 1. The Kier molecular flexibility index (Phi) is 7.04. The van der Waals surface area contributed by atoms with E-state index < -0.39 is 23.9 Å². The Labute approximate surface area is 209 Å². The van der Waals surface area contributed by atoms with E-state index in [9.17, 15) is 19.5 Å². The molecule has 3 aliphatic heterocycles. The van der Waals surface area contributed by atoms with Gasteiger partial charge in [0.05, 0.1) is 31.2 Å². The molecule has 9 heteroatoms. The van der Waals surface area contributed by atoms with Crippen LogP contribution >= 0.6 is 0 Å². The number of carbonyl (C=O) groups is 2. The second-order valence-corrected chi connectivity index (χ2v) is 9.43. The molecule has 0 aliphatic carbocycles. The van der Waals surface area contributed by atoms with Crippen LogP contribution in [0.15, 0.2) is 47.3 Å². The number of hydrogen-bond donors (Lipinski definition) is 1. The minimum atomic E-state index is -0.655. The lowest BCUT2D eigenvalue weighted by Gasteiger charge is -2.38. The standard InChI is InChI=1S/C27H31N3O6/c1-35-17-23(32)30-22-15-29-21(10-9-19(26(29)33)8-7-18-5-3-2-4-6-18)25(30)24(20(22)16-31)27(34)28-11-13-36-14-12-28/h2-10,20,22,24-25,31H,11-17H2,1H3/b8-7+/t20-,22-,24+,25+/m0/s1. The lowest BCUT2D eigenvalue weighted by molar-refractivity contribution is -0.144. The fourth-order valence-corrected chi connectivity index (χ4v) is 5.82. The van der Waals surface area contributed by atoms with Crippen LogP contribution in [0.1, 0.15) is 22.9 Å². The number of morpholine rings is 1. The van der Waals surface area contributed by atoms with E-state index in [1.807, 2.05) is 42.5 Å². The average molecular weight is 494 g/mol. The van der Waals surface area contributed by atoms with Crippen molar-refractivity contribution in [3.63, 3.8) is 0 Å². The van der Waals surface area contributed by atoms with Crippen LogP contribution in [0.3, 0.4) is 0 Å². The van der Waals surface area contributed by atoms with Gasteiger partial charge in [0.1, 0.15) is 6.61 Å². The fraction of sp³-hybridized carbons (Fsp3) is 0.444. The molecule has 2 fully saturated rings. The molecule has 1 aromatic heterocycles. The van der Waals surface area contributed by atoms with Crippen LogP contribution in [0.2, 0.25) is 0 Å². The van der Waals surface area contributed by atoms with Gasteiger partial charge in [-0.3, -0.25) is 14.4 Å². The summed E-state index contributed by atoms with van der Waals surface area (Å²) in [6.07, 6.45) is 3.67. The molecule has 9 nitrogen and oxygen atoms in total. The van der Waals surface area contributed by atoms with Gasteiger partial charge >= 0.3 is 0 Å². The fourth-order valence-electron chi connectivity index (χ4n) is 5.82. The van der Waals surface area contributed by atoms with Crippen LogP contribution in [-0.4, -0.2) is 84.0 Å². The van der Waals surface area contributed by atoms with Crippen molar-refractivity contribution in [1.82, 2.24) is 14.4 Å². The molecule has 190 valence electrons. The number of nitrogens with zero attached hydrogens (tertiary/aromatic N) is 3. The molecule has 2 aromatic rings. The summed E-state index contributed by atoms with van der Waals surface area (Å²) in [6, 6.07) is 12.2. The molecular formula is C27H31N3O6. The average Bonchev–Trinajstić information content (AvgIpc) is 3.16. The van der Waals surface area contributed by atoms with Gasteiger partial charge in [0.2, 0.25) is 11.8 Å². The molecule has 0 radical (unpaired) electrons. The Morgan fingerprint density at radius 3 is 2.56 bits per heavy atom. The normalized spacial score (nSPS) is 25.3. The number of hydrogen-bond acceptors (Lipinski definition) is 6. The van der Waals surface area contributed by atoms with Crippen molar-refractivity contribution < 1.29 is 24.2 Å². The van der Waals surface area contributed by atoms with Gasteiger partial charge in [-0.05, 0) is 23.8 Å². The molecule has 4 atom stereocenters. The van der Waals surface area contributed by atoms with Crippen molar-refractivity contribution in [2.24, 2.45) is 11.8 Å². The zero-order chi connectivity index (χ0) is 25.2. The first-order valence-corrected chi connectivity index (χ1v) is 12.3. The number of rotatable bonds is 6. The number of aliphatic hydroxyl groups excluding tert-OH is 1. The van der Waals surface area contributed by atoms with E-state index in [1.54, 1.807) is 26.5 Å². The molecule has 1 aromatic carbocycles. The number of amides is 2. The van der Waals surface area contributed by atoms with Crippen molar-refractivity contribution in [3.05, 3.63) is 69.6 Å². The predicted octanol–water partition coefficient (Wildman–Crippen LogP) is 1.01. The first-order chi connectivity index (χ1) is 17.5. The van der Waals surface area contributed by atoms with E-state index in [-0.39, 0.29) is 37.1 Å². The van der Waals surface area contributed by atoms with E-state index in [0.717, 1.165) is 5.56 Å². The molecule has 0 unspecified atom stereocenters. The molecule has 4 heterocycles. The first-order valence-electron chi connectivity index (χ1n) is 12.3. The first kappa shape index (κ1) is 24.4. The number of fused-ring (bicyclic) bond motifs is 4. The highest BCUT2D eigenvalue weighted by Crippen LogP contribution is 2.49. The largest absolute Gasteiger partial charge is 0.396 e. The Hall–Kier alpha value is -3.27. The molecule has 2 bridgehead atoms. The smallest absolute Gasteiger partial charge is 0.258 e. The lowest BCUT2D eigenvalue weighted by atomic mass is 9.86. The van der Waals surface area contributed by atoms with E-state index in [2.05, 4.69) is 0 Å². The van der Waals surface area contributed by atoms with Crippen LogP contribution in [0.4, 0.5) is 0 Å². The summed E-state index contributed by atoms with van der Waals surface area (Å²) in [4.78, 5) is 43.9. The number of aliphatic hydroxyl groups is 1. The van der Waals surface area contributed by atoms with Crippen molar-refractivity contribution in [2.75, 3.05) is 46.6 Å². The van der Waals surface area contributed by atoms with E-state index in [4.69, 9.17) is 9.47 Å². The summed E-state index contributed by atoms with van der Waals surface area (Å²) in [5, 5.41) is 10.4. The SMILES string of the molecule is COCC(=O)N1[C@@H]2c3ccc(/C=C/c4ccccc4)c(=O)n3C[C@H]1[C@H](CO)[C@H]2C(=O)N1CCOCC1. The Balaban J connectivity index is 1.56. The van der Waals surface area contributed by atoms with Crippen LogP contribution in [0, 0.1) is 11.8 Å². The second kappa shape index (κ2) is 10.4. The third-order valence-electron chi connectivity index (χ3n) is 7.49. The monoisotopic (exact) mass is 493 g/mol. The van der Waals surface area contributed by atoms with Gasteiger partial charge in [-0.25, -0.2) is 0 Å². The number of carbonyl (C=O) groups excluding carboxylic acids is 2. The maximum absolute atomic E-state index is 13.8. The van der Waals surface area contributed by atoms with Crippen molar-refractivity contribution in [1.29, 1.82) is 0 Å². The summed E-state index contributed by atoms with van der Waals surface area (Å²) in [6.45, 7) is 1.66. The lowest BCUT2D eigenvalue weighted by Crippen LogP contribution is -2.50. The molecule has 36 heavy (non-hydrogen) atoms. The maximum atomic E-state index is 13.8. The summed E-state index contributed by atoms with van der Waals surface area (Å²) in [5.41, 5.74) is 1.94. The van der Waals surface area contributed by atoms with Crippen molar-refractivity contribution >= 4 is 24.0 Å². The maximum Gasteiger partial charge on any atom is 0.258 e. The van der Waals surface area contributed by atoms with Crippen molar-refractivity contribution in [2.45, 2.75) is 18.6 Å². The predicted molar refractivity (Wildman–Crippen MR) is 133 cm³/mol. The Morgan fingerprint density at radius 2 is 1.86 bits per heavy atom. The van der Waals surface area contributed by atoms with E-state index in [1.165, 1.54) is 7.11 Å². The number of benzene rings is 1. The van der Waals surface area contributed by atoms with Crippen LogP contribution in [0.5, 0.6) is 0 Å². The third kappa shape index (κ3) is 4.27. The molecule has 1 N–H and O–H groups in total. The highest BCUT2D eigenvalue weighted by molar-refractivity contribution is 5.85. The number of ether oxygens (including phenoxy) is 2. The van der Waals surface area contributed by atoms with Gasteiger partial charge in [0.15, 0.2) is 0 Å². The van der Waals surface area contributed by atoms with Gasteiger partial charge < -0.3 is 28.9 Å². The molecule has 5 rings (SSSR count). The molecular weight excluding hydrogens is 462 g/mol. The van der Waals surface area contributed by atoms with Crippen LogP contribution < -0.4 is 5.56 Å². The highest BCUT2D eigenvalue weighted by Gasteiger charge is 2.58. The minimum Gasteiger partial charge on any atom is -0.396 e. The van der Waals surface area contributed by atoms with E-state index >= 15 is 0 Å². The van der Waals surface area contributed by atoms with Crippen LogP contribution in [0.25, 0.3) is 12.2 Å². The highest BCUT2D eigenvalue weighted by atomic mass is 16.5. The topological polar surface area (TPSA) is 101 Å². The van der Waals surface area contributed by atoms with Gasteiger partial charge in [0.25, 0.3) is 5.56 Å². The van der Waals surface area contributed by atoms with Gasteiger partial charge in [0, 0.05) is 50.5 Å². The van der Waals surface area contributed by atoms with Gasteiger partial charge in [-0.1, -0.05) is 36.4 Å². The second-order valence-electron chi connectivity index (χ2n) is 9.43. The zero-order valence-electron chi connectivity index (χ0n) is 20.3. The Morgan fingerprint density at radius 1 is 1.11 bits per heavy atom. The van der Waals surface area contributed by atoms with Gasteiger partial charge in [-0.2, -0.15) is 0 Å². The molecule has 2 saturated heterocycles. The molecule has 3 aliphatic rings. The summed E-state index contributed by atoms with van der Waals surface area (Å²) in [7, 11) is 1.45. The minimum absolute atomic E-state index is 0.117. The quantitative estimate of drug-likeness (QED) is 0.645. The summed E-state index contributed by atoms with van der Waals surface area (Å²) in [5.74, 6) is -1.52.